The molecule has 0 aliphatic heterocycles. The highest BCUT2D eigenvalue weighted by molar-refractivity contribution is 9.10. The monoisotopic (exact) mass is 337 g/mol. The largest absolute Gasteiger partial charge is 0.508 e. The van der Waals surface area contributed by atoms with Crippen LogP contribution in [0.4, 0.5) is 5.69 Å². The summed E-state index contributed by atoms with van der Waals surface area (Å²) in [6.07, 6.45) is 0. The molecule has 0 fully saturated rings. The number of anilines is 1. The lowest BCUT2D eigenvalue weighted by atomic mass is 10.2. The number of aromatic hydroxyl groups is 2. The van der Waals surface area contributed by atoms with Crippen LogP contribution in [0.2, 0.25) is 0 Å². The van der Waals surface area contributed by atoms with Crippen molar-refractivity contribution in [2.75, 3.05) is 12.4 Å². The lowest BCUT2D eigenvalue weighted by Crippen LogP contribution is -2.11. The zero-order valence-electron chi connectivity index (χ0n) is 10.6. The smallest absolute Gasteiger partial charge is 0.255 e. The Labute approximate surface area is 123 Å². The van der Waals surface area contributed by atoms with E-state index in [0.29, 0.717) is 11.4 Å². The number of nitrogens with one attached hydrogen (secondary N) is 1. The van der Waals surface area contributed by atoms with Gasteiger partial charge in [-0.2, -0.15) is 0 Å². The van der Waals surface area contributed by atoms with E-state index in [0.717, 1.165) is 10.5 Å². The minimum Gasteiger partial charge on any atom is -0.508 e. The highest BCUT2D eigenvalue weighted by Crippen LogP contribution is 2.26. The number of ether oxygens (including phenoxy) is 1. The average molecular weight is 338 g/mol. The van der Waals surface area contributed by atoms with Crippen LogP contribution < -0.4 is 10.1 Å². The summed E-state index contributed by atoms with van der Waals surface area (Å²) >= 11 is 3.31. The van der Waals surface area contributed by atoms with Crippen LogP contribution >= 0.6 is 15.9 Å². The van der Waals surface area contributed by atoms with E-state index < -0.39 is 5.91 Å². The molecular formula is C14H12BrNO4. The zero-order chi connectivity index (χ0) is 14.7. The average Bonchev–Trinajstić information content (AvgIpc) is 2.36. The summed E-state index contributed by atoms with van der Waals surface area (Å²) in [4.78, 5) is 12.0. The molecule has 0 aliphatic rings. The van der Waals surface area contributed by atoms with Crippen molar-refractivity contribution in [3.05, 3.63) is 46.4 Å². The Morgan fingerprint density at radius 2 is 1.75 bits per heavy atom. The molecule has 104 valence electrons. The first-order valence-corrected chi connectivity index (χ1v) is 6.46. The Morgan fingerprint density at radius 1 is 1.10 bits per heavy atom. The fraction of sp³-hybridized carbons (Fsp3) is 0.0714. The molecule has 2 aromatic rings. The summed E-state index contributed by atoms with van der Waals surface area (Å²) in [6.45, 7) is 0. The van der Waals surface area contributed by atoms with E-state index in [-0.39, 0.29) is 17.1 Å². The molecule has 0 saturated carbocycles. The van der Waals surface area contributed by atoms with Gasteiger partial charge in [0.05, 0.1) is 7.11 Å². The van der Waals surface area contributed by atoms with Gasteiger partial charge in [-0.3, -0.25) is 4.79 Å². The summed E-state index contributed by atoms with van der Waals surface area (Å²) < 4.78 is 5.86. The van der Waals surface area contributed by atoms with Crippen molar-refractivity contribution in [2.24, 2.45) is 0 Å². The molecule has 1 amide bonds. The fourth-order valence-corrected chi connectivity index (χ4v) is 2.15. The predicted octanol–water partition coefficient (Wildman–Crippen LogP) is 3.12. The highest BCUT2D eigenvalue weighted by atomic mass is 79.9. The minimum atomic E-state index is -0.448. The highest BCUT2D eigenvalue weighted by Gasteiger charge is 2.10. The quantitative estimate of drug-likeness (QED) is 0.803. The molecule has 0 radical (unpaired) electrons. The number of hydrogen-bond acceptors (Lipinski definition) is 4. The number of hydrogen-bond donors (Lipinski definition) is 3. The van der Waals surface area contributed by atoms with Gasteiger partial charge in [-0.15, -0.1) is 0 Å². The van der Waals surface area contributed by atoms with Gasteiger partial charge in [0, 0.05) is 27.9 Å². The molecule has 5 nitrogen and oxygen atoms in total. The molecule has 0 aromatic heterocycles. The van der Waals surface area contributed by atoms with Gasteiger partial charge < -0.3 is 20.3 Å². The maximum absolute atomic E-state index is 12.0. The van der Waals surface area contributed by atoms with Crippen molar-refractivity contribution in [3.63, 3.8) is 0 Å². The lowest BCUT2D eigenvalue weighted by Gasteiger charge is -2.09. The molecular weight excluding hydrogens is 326 g/mol. The SMILES string of the molecule is COc1cc(Br)cc(NC(=O)c2cc(O)cc(O)c2)c1. The van der Waals surface area contributed by atoms with E-state index in [2.05, 4.69) is 21.2 Å². The Hall–Kier alpha value is -2.21. The number of halogens is 1. The van der Waals surface area contributed by atoms with Crippen LogP contribution in [-0.2, 0) is 0 Å². The maximum Gasteiger partial charge on any atom is 0.255 e. The third-order valence-electron chi connectivity index (χ3n) is 2.53. The van der Waals surface area contributed by atoms with Crippen LogP contribution in [0.1, 0.15) is 10.4 Å². The Morgan fingerprint density at radius 3 is 2.35 bits per heavy atom. The van der Waals surface area contributed by atoms with Gasteiger partial charge in [-0.1, -0.05) is 15.9 Å². The number of methoxy groups -OCH3 is 1. The third kappa shape index (κ3) is 3.42. The molecule has 3 N–H and O–H groups in total. The molecule has 0 saturated heterocycles. The zero-order valence-corrected chi connectivity index (χ0v) is 12.1. The predicted molar refractivity (Wildman–Crippen MR) is 78.4 cm³/mol. The van der Waals surface area contributed by atoms with Crippen molar-refractivity contribution in [1.29, 1.82) is 0 Å². The normalized spacial score (nSPS) is 10.1. The third-order valence-corrected chi connectivity index (χ3v) is 2.99. The summed E-state index contributed by atoms with van der Waals surface area (Å²) in [5, 5.41) is 21.4. The van der Waals surface area contributed by atoms with Crippen molar-refractivity contribution in [3.8, 4) is 17.2 Å². The van der Waals surface area contributed by atoms with Gasteiger partial charge in [0.25, 0.3) is 5.91 Å². The van der Waals surface area contributed by atoms with Crippen molar-refractivity contribution in [2.45, 2.75) is 0 Å². The molecule has 0 spiro atoms. The van der Waals surface area contributed by atoms with Crippen LogP contribution in [0, 0.1) is 0 Å². The summed E-state index contributed by atoms with van der Waals surface area (Å²) in [5.74, 6) is -0.214. The Kier molecular flexibility index (Phi) is 4.14. The van der Waals surface area contributed by atoms with Gasteiger partial charge in [-0.05, 0) is 24.3 Å². The van der Waals surface area contributed by atoms with Gasteiger partial charge in [-0.25, -0.2) is 0 Å². The summed E-state index contributed by atoms with van der Waals surface area (Å²) in [7, 11) is 1.53. The molecule has 0 aliphatic carbocycles. The van der Waals surface area contributed by atoms with Crippen LogP contribution in [0.25, 0.3) is 0 Å². The summed E-state index contributed by atoms with van der Waals surface area (Å²) in [5.41, 5.74) is 0.686. The molecule has 0 bridgehead atoms. The first-order valence-electron chi connectivity index (χ1n) is 5.67. The van der Waals surface area contributed by atoms with Crippen LogP contribution in [0.3, 0.4) is 0 Å². The Balaban J connectivity index is 2.25. The van der Waals surface area contributed by atoms with E-state index in [1.807, 2.05) is 0 Å². The number of carbonyl (C=O) groups is 1. The number of amides is 1. The first-order chi connectivity index (χ1) is 9.47. The van der Waals surface area contributed by atoms with Gasteiger partial charge in [0.2, 0.25) is 0 Å². The molecule has 2 aromatic carbocycles. The van der Waals surface area contributed by atoms with Crippen LogP contribution in [-0.4, -0.2) is 23.2 Å². The number of benzene rings is 2. The van der Waals surface area contributed by atoms with E-state index in [1.165, 1.54) is 19.2 Å². The van der Waals surface area contributed by atoms with Crippen molar-refractivity contribution in [1.82, 2.24) is 0 Å². The van der Waals surface area contributed by atoms with Gasteiger partial charge in [0.1, 0.15) is 17.2 Å². The van der Waals surface area contributed by atoms with Gasteiger partial charge >= 0.3 is 0 Å². The van der Waals surface area contributed by atoms with Crippen molar-refractivity contribution >= 4 is 27.5 Å². The van der Waals surface area contributed by atoms with Crippen LogP contribution in [0.15, 0.2) is 40.9 Å². The van der Waals surface area contributed by atoms with E-state index in [1.54, 1.807) is 18.2 Å². The number of rotatable bonds is 3. The summed E-state index contributed by atoms with van der Waals surface area (Å²) in [6, 6.07) is 8.82. The first kappa shape index (κ1) is 14.2. The van der Waals surface area contributed by atoms with Crippen molar-refractivity contribution < 1.29 is 19.7 Å². The number of carbonyl (C=O) groups excluding carboxylic acids is 1. The second-order valence-electron chi connectivity index (χ2n) is 4.07. The van der Waals surface area contributed by atoms with E-state index in [9.17, 15) is 15.0 Å². The maximum atomic E-state index is 12.0. The molecule has 0 atom stereocenters. The van der Waals surface area contributed by atoms with E-state index >= 15 is 0 Å². The van der Waals surface area contributed by atoms with Crippen LogP contribution in [0.5, 0.6) is 17.2 Å². The second kappa shape index (κ2) is 5.83. The molecule has 0 heterocycles. The second-order valence-corrected chi connectivity index (χ2v) is 4.99. The minimum absolute atomic E-state index is 0.154. The van der Waals surface area contributed by atoms with Gasteiger partial charge in [0.15, 0.2) is 0 Å². The lowest BCUT2D eigenvalue weighted by molar-refractivity contribution is 0.102. The number of phenolic OH excluding ortho intramolecular Hbond substituents is 2. The molecule has 6 heteroatoms. The molecule has 2 rings (SSSR count). The number of phenols is 2. The molecule has 0 unspecified atom stereocenters. The Bertz CT molecular complexity index is 637. The topological polar surface area (TPSA) is 78.8 Å². The standard InChI is InChI=1S/C14H12BrNO4/c1-20-13-5-9(15)4-10(6-13)16-14(19)8-2-11(17)7-12(18)3-8/h2-7,17-18H,1H3,(H,16,19). The van der Waals surface area contributed by atoms with E-state index in [4.69, 9.17) is 4.74 Å². The fourth-order valence-electron chi connectivity index (χ4n) is 1.68. The molecule has 20 heavy (non-hydrogen) atoms.